The number of thiophene rings is 1. The molecule has 4 rings (SSSR count). The van der Waals surface area contributed by atoms with E-state index in [1.54, 1.807) is 0 Å². The molecule has 0 aromatic carbocycles. The molecule has 3 heteroatoms. The maximum atomic E-state index is 13.3. The largest absolute Gasteiger partial charge is 0.289 e. The van der Waals surface area contributed by atoms with Gasteiger partial charge in [0.05, 0.1) is 0 Å². The number of rotatable bonds is 0. The van der Waals surface area contributed by atoms with Gasteiger partial charge in [-0.25, -0.2) is 0 Å². The van der Waals surface area contributed by atoms with Gasteiger partial charge in [0.1, 0.15) is 0 Å². The van der Waals surface area contributed by atoms with Gasteiger partial charge in [-0.05, 0) is 23.3 Å². The molecule has 0 bridgehead atoms. The van der Waals surface area contributed by atoms with E-state index in [1.807, 2.05) is 36.4 Å². The van der Waals surface area contributed by atoms with Crippen molar-refractivity contribution < 1.29 is 9.18 Å². The van der Waals surface area contributed by atoms with Crippen molar-refractivity contribution in [3.05, 3.63) is 58.7 Å². The summed E-state index contributed by atoms with van der Waals surface area (Å²) in [6.45, 7) is 0. The number of hydrogen-bond donors (Lipinski definition) is 0. The molecule has 0 fully saturated rings. The van der Waals surface area contributed by atoms with E-state index in [1.165, 1.54) is 6.07 Å². The third-order valence-corrected chi connectivity index (χ3v) is 4.29. The molecule has 0 radical (unpaired) electrons. The molecule has 0 spiro atoms. The Labute approximate surface area is 107 Å². The number of carbonyl (C=O) groups excluding carboxylic acids is 1. The Morgan fingerprint density at radius 3 is 2.67 bits per heavy atom. The molecule has 0 N–H and O–H groups in total. The molecule has 0 amide bonds. The average Bonchev–Trinajstić information content (AvgIpc) is 2.89. The second kappa shape index (κ2) is 3.27. The molecule has 1 heterocycles. The zero-order chi connectivity index (χ0) is 12.3. The van der Waals surface area contributed by atoms with E-state index in [0.29, 0.717) is 5.56 Å². The van der Waals surface area contributed by atoms with Gasteiger partial charge in [-0.15, -0.1) is 11.3 Å². The van der Waals surface area contributed by atoms with Crippen LogP contribution in [0.3, 0.4) is 0 Å². The van der Waals surface area contributed by atoms with Crippen LogP contribution in [0.1, 0.15) is 15.9 Å². The fourth-order valence-electron chi connectivity index (χ4n) is 2.58. The Hall–Kier alpha value is -2.00. The van der Waals surface area contributed by atoms with E-state index >= 15 is 0 Å². The second-order valence-corrected chi connectivity index (χ2v) is 5.34. The van der Waals surface area contributed by atoms with Crippen LogP contribution in [0, 0.1) is 5.13 Å². The summed E-state index contributed by atoms with van der Waals surface area (Å²) < 4.78 is 13.3. The van der Waals surface area contributed by atoms with Crippen LogP contribution in [0.15, 0.2) is 42.5 Å². The quantitative estimate of drug-likeness (QED) is 0.459. The van der Waals surface area contributed by atoms with Crippen LogP contribution >= 0.6 is 11.3 Å². The van der Waals surface area contributed by atoms with Crippen molar-refractivity contribution in [1.82, 2.24) is 0 Å². The molecule has 3 aliphatic carbocycles. The Morgan fingerprint density at radius 1 is 0.944 bits per heavy atom. The normalized spacial score (nSPS) is 12.8. The van der Waals surface area contributed by atoms with Crippen LogP contribution in [0.25, 0.3) is 21.6 Å². The Balaban J connectivity index is 2.13. The number of hydrogen-bond acceptors (Lipinski definition) is 2. The lowest BCUT2D eigenvalue weighted by molar-refractivity contribution is 0.104. The highest BCUT2D eigenvalue weighted by molar-refractivity contribution is 7.14. The van der Waals surface area contributed by atoms with Gasteiger partial charge in [0, 0.05) is 21.6 Å². The van der Waals surface area contributed by atoms with Gasteiger partial charge in [-0.2, -0.15) is 4.39 Å². The molecular weight excluding hydrogens is 247 g/mol. The summed E-state index contributed by atoms with van der Waals surface area (Å²) in [6, 6.07) is 13.0. The van der Waals surface area contributed by atoms with Crippen molar-refractivity contribution in [2.24, 2.45) is 0 Å². The Bertz CT molecular complexity index is 772. The highest BCUT2D eigenvalue weighted by Crippen LogP contribution is 2.48. The number of fused-ring (bicyclic) bond motifs is 5. The van der Waals surface area contributed by atoms with E-state index in [9.17, 15) is 9.18 Å². The minimum Gasteiger partial charge on any atom is -0.289 e. The highest BCUT2D eigenvalue weighted by Gasteiger charge is 2.34. The molecule has 0 unspecified atom stereocenters. The minimum absolute atomic E-state index is 0.0543. The summed E-state index contributed by atoms with van der Waals surface area (Å²) in [6.07, 6.45) is 0. The summed E-state index contributed by atoms with van der Waals surface area (Å²) in [5.74, 6) is -0.0543. The van der Waals surface area contributed by atoms with Crippen molar-refractivity contribution in [2.75, 3.05) is 0 Å². The van der Waals surface area contributed by atoms with Crippen LogP contribution in [-0.2, 0) is 0 Å². The standard InChI is InChI=1S/C15H7FOS/c16-12-7-11-14(17)13-9-5-3-1-2-4-8(9)6-10(13)15(11)18-12/h1-7H. The zero-order valence-corrected chi connectivity index (χ0v) is 10.1. The molecule has 1 aromatic rings. The van der Waals surface area contributed by atoms with E-state index in [4.69, 9.17) is 0 Å². The number of carbonyl (C=O) groups is 1. The van der Waals surface area contributed by atoms with Crippen LogP contribution in [-0.4, -0.2) is 5.78 Å². The van der Waals surface area contributed by atoms with Gasteiger partial charge < -0.3 is 0 Å². The second-order valence-electron chi connectivity index (χ2n) is 4.34. The molecule has 0 saturated heterocycles. The maximum Gasteiger partial charge on any atom is 0.195 e. The SMILES string of the molecule is O=C1c2cc(F)sc2-c2cc3cccccc-3c21. The third kappa shape index (κ3) is 1.12. The number of halogens is 1. The van der Waals surface area contributed by atoms with Crippen LogP contribution in [0.4, 0.5) is 4.39 Å². The lowest BCUT2D eigenvalue weighted by Gasteiger charge is -1.96. The Morgan fingerprint density at radius 2 is 1.78 bits per heavy atom. The smallest absolute Gasteiger partial charge is 0.195 e. The molecule has 0 atom stereocenters. The molecule has 86 valence electrons. The first kappa shape index (κ1) is 9.97. The summed E-state index contributed by atoms with van der Waals surface area (Å²) in [5.41, 5.74) is 4.09. The molecule has 0 aliphatic heterocycles. The van der Waals surface area contributed by atoms with Crippen molar-refractivity contribution in [1.29, 1.82) is 0 Å². The molecule has 3 aliphatic rings. The first-order valence-corrected chi connectivity index (χ1v) is 6.43. The fourth-order valence-corrected chi connectivity index (χ4v) is 3.48. The molecule has 1 aromatic heterocycles. The van der Waals surface area contributed by atoms with Crippen molar-refractivity contribution in [3.63, 3.8) is 0 Å². The number of ketones is 1. The molecule has 18 heavy (non-hydrogen) atoms. The summed E-state index contributed by atoms with van der Waals surface area (Å²) >= 11 is 1.05. The topological polar surface area (TPSA) is 17.1 Å². The van der Waals surface area contributed by atoms with Crippen LogP contribution in [0.2, 0.25) is 0 Å². The third-order valence-electron chi connectivity index (χ3n) is 3.33. The molecule has 1 nitrogen and oxygen atoms in total. The lowest BCUT2D eigenvalue weighted by atomic mass is 10.1. The van der Waals surface area contributed by atoms with Crippen molar-refractivity contribution in [3.8, 4) is 21.6 Å². The monoisotopic (exact) mass is 254 g/mol. The van der Waals surface area contributed by atoms with E-state index in [-0.39, 0.29) is 10.9 Å². The summed E-state index contributed by atoms with van der Waals surface area (Å²) in [4.78, 5) is 13.1. The van der Waals surface area contributed by atoms with Crippen LogP contribution in [0.5, 0.6) is 0 Å². The van der Waals surface area contributed by atoms with Gasteiger partial charge in [-0.3, -0.25) is 4.79 Å². The van der Waals surface area contributed by atoms with Gasteiger partial charge in [-0.1, -0.05) is 30.3 Å². The molecular formula is C15H7FOS. The highest BCUT2D eigenvalue weighted by atomic mass is 32.1. The fraction of sp³-hybridized carbons (Fsp3) is 0. The van der Waals surface area contributed by atoms with Crippen LogP contribution < -0.4 is 0 Å². The minimum atomic E-state index is -0.296. The predicted molar refractivity (Wildman–Crippen MR) is 69.8 cm³/mol. The van der Waals surface area contributed by atoms with Crippen molar-refractivity contribution >= 4 is 17.1 Å². The Kier molecular flexibility index (Phi) is 1.81. The van der Waals surface area contributed by atoms with E-state index < -0.39 is 0 Å². The first-order valence-electron chi connectivity index (χ1n) is 5.62. The van der Waals surface area contributed by atoms with Gasteiger partial charge in [0.25, 0.3) is 0 Å². The average molecular weight is 254 g/mol. The zero-order valence-electron chi connectivity index (χ0n) is 9.24. The summed E-state index contributed by atoms with van der Waals surface area (Å²) in [7, 11) is 0. The van der Waals surface area contributed by atoms with Gasteiger partial charge in [0.15, 0.2) is 10.9 Å². The van der Waals surface area contributed by atoms with E-state index in [2.05, 4.69) is 0 Å². The predicted octanol–water partition coefficient (Wildman–Crippen LogP) is 4.20. The van der Waals surface area contributed by atoms with Crippen molar-refractivity contribution in [2.45, 2.75) is 0 Å². The van der Waals surface area contributed by atoms with Gasteiger partial charge >= 0.3 is 0 Å². The summed E-state index contributed by atoms with van der Waals surface area (Å²) in [5, 5.41) is -0.296. The maximum absolute atomic E-state index is 13.3. The first-order chi connectivity index (χ1) is 8.75. The molecule has 0 saturated carbocycles. The van der Waals surface area contributed by atoms with E-state index in [0.717, 1.165) is 38.5 Å². The lowest BCUT2D eigenvalue weighted by Crippen LogP contribution is -1.94. The van der Waals surface area contributed by atoms with Gasteiger partial charge in [0.2, 0.25) is 0 Å².